The molecule has 0 bridgehead atoms. The number of anilines is 2. The Balaban J connectivity index is 1.60. The Morgan fingerprint density at radius 1 is 0.946 bits per heavy atom. The highest BCUT2D eigenvalue weighted by molar-refractivity contribution is 8.03. The standard InChI is InChI=1S/C30H28N4O2S/c1-3-21-12-10-11-17-25(21)34-26(35)19-37-30-24(18-31)28(22-13-6-4-7-14-22)27(20(2)32-30)29(36)33-23-15-8-5-9-16-23/h4-17,28,32H,3,19H2,1-2H3,(H,33,36)(H,34,35)/t28-/m0/s1. The number of para-hydroxylation sites is 2. The Morgan fingerprint density at radius 2 is 1.59 bits per heavy atom. The minimum absolute atomic E-state index is 0.117. The first-order valence-electron chi connectivity index (χ1n) is 12.1. The molecule has 0 radical (unpaired) electrons. The Morgan fingerprint density at radius 3 is 2.27 bits per heavy atom. The number of carbonyl (C=O) groups excluding carboxylic acids is 2. The predicted molar refractivity (Wildman–Crippen MR) is 150 cm³/mol. The van der Waals surface area contributed by atoms with Crippen LogP contribution in [-0.2, 0) is 16.0 Å². The van der Waals surface area contributed by atoms with E-state index in [1.807, 2.05) is 98.8 Å². The fourth-order valence-electron chi connectivity index (χ4n) is 4.30. The second-order valence-electron chi connectivity index (χ2n) is 8.53. The van der Waals surface area contributed by atoms with Crippen molar-refractivity contribution in [1.82, 2.24) is 5.32 Å². The molecule has 37 heavy (non-hydrogen) atoms. The summed E-state index contributed by atoms with van der Waals surface area (Å²) in [5.74, 6) is -0.896. The van der Waals surface area contributed by atoms with Gasteiger partial charge in [-0.15, -0.1) is 0 Å². The average molecular weight is 509 g/mol. The van der Waals surface area contributed by atoms with Crippen LogP contribution in [0.15, 0.2) is 107 Å². The van der Waals surface area contributed by atoms with E-state index in [1.54, 1.807) is 0 Å². The third-order valence-corrected chi connectivity index (χ3v) is 7.09. The lowest BCUT2D eigenvalue weighted by atomic mass is 9.82. The number of benzene rings is 3. The smallest absolute Gasteiger partial charge is 0.254 e. The third kappa shape index (κ3) is 6.11. The number of hydrogen-bond donors (Lipinski definition) is 3. The first-order valence-corrected chi connectivity index (χ1v) is 13.0. The summed E-state index contributed by atoms with van der Waals surface area (Å²) in [7, 11) is 0. The van der Waals surface area contributed by atoms with E-state index in [0.717, 1.165) is 23.2 Å². The van der Waals surface area contributed by atoms with Gasteiger partial charge in [-0.1, -0.05) is 85.4 Å². The Hall–Kier alpha value is -4.28. The molecule has 0 saturated carbocycles. The van der Waals surface area contributed by atoms with Crippen molar-refractivity contribution in [2.75, 3.05) is 16.4 Å². The number of carbonyl (C=O) groups is 2. The van der Waals surface area contributed by atoms with Crippen LogP contribution in [0.25, 0.3) is 0 Å². The summed E-state index contributed by atoms with van der Waals surface area (Å²) >= 11 is 1.26. The molecule has 3 N–H and O–H groups in total. The fourth-order valence-corrected chi connectivity index (χ4v) is 5.19. The number of hydrogen-bond acceptors (Lipinski definition) is 5. The van der Waals surface area contributed by atoms with Crippen LogP contribution in [0.4, 0.5) is 11.4 Å². The Labute approximate surface area is 221 Å². The number of nitrogens with one attached hydrogen (secondary N) is 3. The number of nitrogens with zero attached hydrogens (tertiary/aromatic N) is 1. The quantitative estimate of drug-likeness (QED) is 0.349. The molecule has 6 nitrogen and oxygen atoms in total. The van der Waals surface area contributed by atoms with E-state index in [0.29, 0.717) is 27.6 Å². The molecular formula is C30H28N4O2S. The van der Waals surface area contributed by atoms with Crippen LogP contribution in [0.5, 0.6) is 0 Å². The van der Waals surface area contributed by atoms with Crippen molar-refractivity contribution in [2.24, 2.45) is 0 Å². The lowest BCUT2D eigenvalue weighted by molar-refractivity contribution is -0.114. The first kappa shape index (κ1) is 25.8. The van der Waals surface area contributed by atoms with Gasteiger partial charge >= 0.3 is 0 Å². The second kappa shape index (κ2) is 12.1. The maximum atomic E-state index is 13.4. The van der Waals surface area contributed by atoms with E-state index in [1.165, 1.54) is 11.8 Å². The largest absolute Gasteiger partial charge is 0.353 e. The van der Waals surface area contributed by atoms with E-state index < -0.39 is 5.92 Å². The van der Waals surface area contributed by atoms with Gasteiger partial charge in [0.2, 0.25) is 5.91 Å². The number of amides is 2. The van der Waals surface area contributed by atoms with Gasteiger partial charge in [0.15, 0.2) is 0 Å². The van der Waals surface area contributed by atoms with Crippen LogP contribution in [0.3, 0.4) is 0 Å². The molecule has 2 amide bonds. The molecular weight excluding hydrogens is 480 g/mol. The van der Waals surface area contributed by atoms with Gasteiger partial charge in [-0.05, 0) is 42.7 Å². The van der Waals surface area contributed by atoms with Crippen molar-refractivity contribution < 1.29 is 9.59 Å². The normalized spacial score (nSPS) is 15.0. The summed E-state index contributed by atoms with van der Waals surface area (Å²) in [6.07, 6.45) is 0.811. The monoisotopic (exact) mass is 508 g/mol. The van der Waals surface area contributed by atoms with E-state index >= 15 is 0 Å². The van der Waals surface area contributed by atoms with E-state index in [9.17, 15) is 14.9 Å². The molecule has 0 fully saturated rings. The summed E-state index contributed by atoms with van der Waals surface area (Å²) in [6.45, 7) is 3.86. The summed E-state index contributed by atoms with van der Waals surface area (Å²) in [5.41, 5.74) is 4.87. The van der Waals surface area contributed by atoms with Crippen molar-refractivity contribution in [3.8, 4) is 6.07 Å². The molecule has 4 rings (SSSR count). The number of allylic oxidation sites excluding steroid dienone is 2. The van der Waals surface area contributed by atoms with Gasteiger partial charge in [-0.25, -0.2) is 0 Å². The molecule has 0 unspecified atom stereocenters. The molecule has 3 aromatic carbocycles. The van der Waals surface area contributed by atoms with Gasteiger partial charge in [-0.3, -0.25) is 9.59 Å². The molecule has 0 saturated heterocycles. The molecule has 0 spiro atoms. The highest BCUT2D eigenvalue weighted by atomic mass is 32.2. The molecule has 0 aromatic heterocycles. The summed E-state index contributed by atoms with van der Waals surface area (Å²) in [5, 5.41) is 20.0. The highest BCUT2D eigenvalue weighted by Gasteiger charge is 2.34. The molecule has 186 valence electrons. The number of thioether (sulfide) groups is 1. The van der Waals surface area contributed by atoms with Crippen LogP contribution < -0.4 is 16.0 Å². The molecule has 3 aromatic rings. The minimum Gasteiger partial charge on any atom is -0.353 e. The lowest BCUT2D eigenvalue weighted by Gasteiger charge is -2.30. The summed E-state index contributed by atoms with van der Waals surface area (Å²) in [6, 6.07) is 28.7. The lowest BCUT2D eigenvalue weighted by Crippen LogP contribution is -2.31. The van der Waals surface area contributed by atoms with Crippen LogP contribution in [0.2, 0.25) is 0 Å². The number of dihydropyridines is 1. The molecule has 0 aliphatic carbocycles. The molecule has 1 atom stereocenters. The topological polar surface area (TPSA) is 94.0 Å². The zero-order valence-corrected chi connectivity index (χ0v) is 21.6. The molecule has 1 aliphatic rings. The van der Waals surface area contributed by atoms with Crippen molar-refractivity contribution >= 4 is 35.0 Å². The van der Waals surface area contributed by atoms with Gasteiger partial charge in [-0.2, -0.15) is 5.26 Å². The van der Waals surface area contributed by atoms with E-state index in [2.05, 4.69) is 22.0 Å². The number of aryl methyl sites for hydroxylation is 1. The van der Waals surface area contributed by atoms with Crippen molar-refractivity contribution in [3.63, 3.8) is 0 Å². The molecule has 1 heterocycles. The average Bonchev–Trinajstić information content (AvgIpc) is 2.92. The SMILES string of the molecule is CCc1ccccc1NC(=O)CSC1=C(C#N)[C@H](c2ccccc2)C(C(=O)Nc2ccccc2)=C(C)N1. The molecule has 7 heteroatoms. The third-order valence-electron chi connectivity index (χ3n) is 6.08. The number of rotatable bonds is 8. The zero-order chi connectivity index (χ0) is 26.2. The van der Waals surface area contributed by atoms with Gasteiger partial charge in [0.25, 0.3) is 5.91 Å². The highest BCUT2D eigenvalue weighted by Crippen LogP contribution is 2.41. The summed E-state index contributed by atoms with van der Waals surface area (Å²) < 4.78 is 0. The second-order valence-corrected chi connectivity index (χ2v) is 9.52. The maximum Gasteiger partial charge on any atom is 0.254 e. The van der Waals surface area contributed by atoms with Crippen molar-refractivity contribution in [3.05, 3.63) is 118 Å². The van der Waals surface area contributed by atoms with Gasteiger partial charge in [0, 0.05) is 22.6 Å². The van der Waals surface area contributed by atoms with Gasteiger partial charge in [0.1, 0.15) is 0 Å². The number of nitriles is 1. The first-order chi connectivity index (χ1) is 18.0. The Bertz CT molecular complexity index is 1390. The van der Waals surface area contributed by atoms with E-state index in [-0.39, 0.29) is 17.6 Å². The van der Waals surface area contributed by atoms with E-state index in [4.69, 9.17) is 0 Å². The maximum absolute atomic E-state index is 13.4. The Kier molecular flexibility index (Phi) is 8.44. The predicted octanol–water partition coefficient (Wildman–Crippen LogP) is 5.96. The van der Waals surface area contributed by atoms with Crippen LogP contribution in [-0.4, -0.2) is 17.6 Å². The fraction of sp³-hybridized carbons (Fsp3) is 0.167. The zero-order valence-electron chi connectivity index (χ0n) is 20.7. The van der Waals surface area contributed by atoms with Crippen LogP contribution >= 0.6 is 11.8 Å². The van der Waals surface area contributed by atoms with Crippen molar-refractivity contribution in [2.45, 2.75) is 26.2 Å². The van der Waals surface area contributed by atoms with Crippen LogP contribution in [0.1, 0.15) is 30.9 Å². The minimum atomic E-state index is -0.567. The summed E-state index contributed by atoms with van der Waals surface area (Å²) in [4.78, 5) is 26.2. The van der Waals surface area contributed by atoms with Gasteiger partial charge < -0.3 is 16.0 Å². The van der Waals surface area contributed by atoms with Crippen molar-refractivity contribution in [1.29, 1.82) is 5.26 Å². The van der Waals surface area contributed by atoms with Crippen LogP contribution in [0, 0.1) is 11.3 Å². The van der Waals surface area contributed by atoms with Gasteiger partial charge in [0.05, 0.1) is 28.3 Å². The molecule has 1 aliphatic heterocycles.